The number of alkyl halides is 1. The number of halogens is 1. The average molecular weight is 329 g/mol. The number of benzene rings is 1. The summed E-state index contributed by atoms with van der Waals surface area (Å²) in [5.74, 6) is -0.00967. The summed E-state index contributed by atoms with van der Waals surface area (Å²) < 4.78 is 4.79. The van der Waals surface area contributed by atoms with E-state index < -0.39 is 5.41 Å². The van der Waals surface area contributed by atoms with Gasteiger partial charge in [-0.1, -0.05) is 40.5 Å². The van der Waals surface area contributed by atoms with Gasteiger partial charge in [0.1, 0.15) is 5.75 Å². The van der Waals surface area contributed by atoms with Crippen molar-refractivity contribution in [2.45, 2.75) is 38.5 Å². The molecule has 1 unspecified atom stereocenters. The van der Waals surface area contributed by atoms with E-state index in [1.54, 1.807) is 6.07 Å². The summed E-state index contributed by atoms with van der Waals surface area (Å²) >= 11 is 3.41. The van der Waals surface area contributed by atoms with E-state index in [2.05, 4.69) is 15.9 Å². The molecule has 1 atom stereocenters. The van der Waals surface area contributed by atoms with Crippen molar-refractivity contribution in [3.63, 3.8) is 0 Å². The summed E-state index contributed by atoms with van der Waals surface area (Å²) in [6, 6.07) is 5.50. The molecule has 0 saturated heterocycles. The van der Waals surface area contributed by atoms with Crippen molar-refractivity contribution in [3.05, 3.63) is 29.3 Å². The Hall–Kier alpha value is -1.03. The fraction of sp³-hybridized carbons (Fsp3) is 0.533. The first-order chi connectivity index (χ1) is 8.92. The van der Waals surface area contributed by atoms with Crippen molar-refractivity contribution in [1.29, 1.82) is 0 Å². The second kappa shape index (κ2) is 6.94. The molecule has 3 nitrogen and oxygen atoms in total. The Kier molecular flexibility index (Phi) is 5.85. The zero-order valence-electron chi connectivity index (χ0n) is 11.7. The van der Waals surface area contributed by atoms with Gasteiger partial charge in [-0.3, -0.25) is 4.79 Å². The minimum Gasteiger partial charge on any atom is -0.508 e. The summed E-state index contributed by atoms with van der Waals surface area (Å²) in [5, 5.41) is 11.0. The van der Waals surface area contributed by atoms with E-state index in [1.165, 1.54) is 7.11 Å². The molecule has 19 heavy (non-hydrogen) atoms. The standard InChI is InChI=1S/C15H21BrO3/c1-11-5-6-13(17)12(9-11)15(2,7-4-8-16)10-14(18)19-3/h5-6,9,17H,4,7-8,10H2,1-3H3. The highest BCUT2D eigenvalue weighted by Crippen LogP contribution is 2.38. The molecule has 0 radical (unpaired) electrons. The molecule has 0 heterocycles. The number of phenolic OH excluding ortho intramolecular Hbond substituents is 1. The van der Waals surface area contributed by atoms with Crippen LogP contribution >= 0.6 is 15.9 Å². The third kappa shape index (κ3) is 4.23. The summed E-state index contributed by atoms with van der Waals surface area (Å²) in [4.78, 5) is 11.6. The van der Waals surface area contributed by atoms with Crippen LogP contribution in [0.2, 0.25) is 0 Å². The molecule has 0 aromatic heterocycles. The van der Waals surface area contributed by atoms with Crippen molar-refractivity contribution in [3.8, 4) is 5.75 Å². The van der Waals surface area contributed by atoms with Gasteiger partial charge in [0.15, 0.2) is 0 Å². The third-order valence-corrected chi connectivity index (χ3v) is 3.99. The molecule has 1 aromatic carbocycles. The molecule has 0 bridgehead atoms. The summed E-state index contributed by atoms with van der Waals surface area (Å²) in [7, 11) is 1.39. The van der Waals surface area contributed by atoms with Gasteiger partial charge in [-0.25, -0.2) is 0 Å². The third-order valence-electron chi connectivity index (χ3n) is 3.43. The van der Waals surface area contributed by atoms with Crippen LogP contribution in [0.1, 0.15) is 37.3 Å². The molecular weight excluding hydrogens is 308 g/mol. The van der Waals surface area contributed by atoms with Crippen molar-refractivity contribution in [1.82, 2.24) is 0 Å². The van der Waals surface area contributed by atoms with Crippen LogP contribution in [-0.4, -0.2) is 23.5 Å². The van der Waals surface area contributed by atoms with Crippen molar-refractivity contribution >= 4 is 21.9 Å². The predicted octanol–water partition coefficient (Wildman–Crippen LogP) is 3.70. The number of rotatable bonds is 6. The fourth-order valence-electron chi connectivity index (χ4n) is 2.30. The molecule has 1 aromatic rings. The van der Waals surface area contributed by atoms with Gasteiger partial charge in [0.25, 0.3) is 0 Å². The lowest BCUT2D eigenvalue weighted by atomic mass is 9.75. The Bertz CT molecular complexity index is 445. The molecule has 0 saturated carbocycles. The molecular formula is C15H21BrO3. The Balaban J connectivity index is 3.13. The number of ether oxygens (including phenoxy) is 1. The van der Waals surface area contributed by atoms with Crippen LogP contribution in [0.4, 0.5) is 0 Å². The van der Waals surface area contributed by atoms with E-state index in [9.17, 15) is 9.90 Å². The first-order valence-corrected chi connectivity index (χ1v) is 7.48. The van der Waals surface area contributed by atoms with E-state index in [0.29, 0.717) is 0 Å². The maximum absolute atomic E-state index is 11.6. The lowest BCUT2D eigenvalue weighted by molar-refractivity contribution is -0.142. The van der Waals surface area contributed by atoms with Gasteiger partial charge in [0.2, 0.25) is 0 Å². The Morgan fingerprint density at radius 2 is 2.16 bits per heavy atom. The molecule has 106 valence electrons. The highest BCUT2D eigenvalue weighted by molar-refractivity contribution is 9.09. The Morgan fingerprint density at radius 3 is 2.74 bits per heavy atom. The molecule has 4 heteroatoms. The van der Waals surface area contributed by atoms with Gasteiger partial charge >= 0.3 is 5.97 Å². The summed E-state index contributed by atoms with van der Waals surface area (Å²) in [6.45, 7) is 3.98. The average Bonchev–Trinajstić information content (AvgIpc) is 2.39. The number of aryl methyl sites for hydroxylation is 1. The van der Waals surface area contributed by atoms with Gasteiger partial charge in [-0.05, 0) is 25.8 Å². The van der Waals surface area contributed by atoms with Crippen LogP contribution < -0.4 is 0 Å². The van der Waals surface area contributed by atoms with E-state index in [1.807, 2.05) is 26.0 Å². The SMILES string of the molecule is COC(=O)CC(C)(CCCBr)c1cc(C)ccc1O. The van der Waals surface area contributed by atoms with Crippen molar-refractivity contribution < 1.29 is 14.6 Å². The molecule has 0 aliphatic rings. The smallest absolute Gasteiger partial charge is 0.306 e. The monoisotopic (exact) mass is 328 g/mol. The molecule has 0 fully saturated rings. The van der Waals surface area contributed by atoms with E-state index in [-0.39, 0.29) is 18.1 Å². The van der Waals surface area contributed by atoms with Crippen molar-refractivity contribution in [2.75, 3.05) is 12.4 Å². The molecule has 0 spiro atoms. The van der Waals surface area contributed by atoms with E-state index in [0.717, 1.165) is 29.3 Å². The largest absolute Gasteiger partial charge is 0.508 e. The van der Waals surface area contributed by atoms with E-state index in [4.69, 9.17) is 4.74 Å². The highest BCUT2D eigenvalue weighted by Gasteiger charge is 2.32. The fourth-order valence-corrected chi connectivity index (χ4v) is 2.58. The lowest BCUT2D eigenvalue weighted by Gasteiger charge is -2.30. The van der Waals surface area contributed by atoms with Crippen LogP contribution in [-0.2, 0) is 14.9 Å². The zero-order valence-corrected chi connectivity index (χ0v) is 13.3. The second-order valence-electron chi connectivity index (χ2n) is 5.13. The van der Waals surface area contributed by atoms with Crippen molar-refractivity contribution in [2.24, 2.45) is 0 Å². The number of phenols is 1. The highest BCUT2D eigenvalue weighted by atomic mass is 79.9. The van der Waals surface area contributed by atoms with Gasteiger partial charge in [-0.15, -0.1) is 0 Å². The number of aromatic hydroxyl groups is 1. The second-order valence-corrected chi connectivity index (χ2v) is 5.92. The number of hydrogen-bond acceptors (Lipinski definition) is 3. The molecule has 0 aliphatic heterocycles. The van der Waals surface area contributed by atoms with Gasteiger partial charge in [0.05, 0.1) is 13.5 Å². The Morgan fingerprint density at radius 1 is 1.47 bits per heavy atom. The van der Waals surface area contributed by atoms with Crippen LogP contribution in [0.15, 0.2) is 18.2 Å². The quantitative estimate of drug-likeness (QED) is 0.639. The van der Waals surface area contributed by atoms with Gasteiger partial charge < -0.3 is 9.84 Å². The maximum atomic E-state index is 11.6. The topological polar surface area (TPSA) is 46.5 Å². The predicted molar refractivity (Wildman–Crippen MR) is 79.9 cm³/mol. The van der Waals surface area contributed by atoms with Gasteiger partial charge in [0, 0.05) is 16.3 Å². The number of methoxy groups -OCH3 is 1. The minimum absolute atomic E-state index is 0.242. The Labute approximate surface area is 123 Å². The maximum Gasteiger partial charge on any atom is 0.306 e. The van der Waals surface area contributed by atoms with E-state index >= 15 is 0 Å². The van der Waals surface area contributed by atoms with Crippen LogP contribution in [0.5, 0.6) is 5.75 Å². The molecule has 0 aliphatic carbocycles. The first-order valence-electron chi connectivity index (χ1n) is 6.36. The van der Waals surface area contributed by atoms with Crippen LogP contribution in [0.25, 0.3) is 0 Å². The number of carbonyl (C=O) groups excluding carboxylic acids is 1. The molecule has 0 amide bonds. The summed E-state index contributed by atoms with van der Waals surface area (Å²) in [6.07, 6.45) is 2.01. The minimum atomic E-state index is -0.406. The first kappa shape index (κ1) is 16.0. The number of esters is 1. The van der Waals surface area contributed by atoms with Crippen LogP contribution in [0, 0.1) is 6.92 Å². The lowest BCUT2D eigenvalue weighted by Crippen LogP contribution is -2.27. The normalized spacial score (nSPS) is 13.9. The summed E-state index contributed by atoms with van der Waals surface area (Å²) in [5.41, 5.74) is 1.48. The van der Waals surface area contributed by atoms with Crippen LogP contribution in [0.3, 0.4) is 0 Å². The molecule has 1 rings (SSSR count). The van der Waals surface area contributed by atoms with Gasteiger partial charge in [-0.2, -0.15) is 0 Å². The number of hydrogen-bond donors (Lipinski definition) is 1. The number of carbonyl (C=O) groups is 1. The molecule has 1 N–H and O–H groups in total. The zero-order chi connectivity index (χ0) is 14.5.